The molecule has 2 N–H and O–H groups in total. The van der Waals surface area contributed by atoms with Crippen LogP contribution >= 0.6 is 0 Å². The lowest BCUT2D eigenvalue weighted by Crippen LogP contribution is -2.33. The van der Waals surface area contributed by atoms with Gasteiger partial charge in [-0.05, 0) is 67.6 Å². The van der Waals surface area contributed by atoms with E-state index in [1.54, 1.807) is 12.3 Å². The van der Waals surface area contributed by atoms with Crippen LogP contribution in [0.1, 0.15) is 30.9 Å². The largest absolute Gasteiger partial charge is 0.494 e. The number of aryl methyl sites for hydroxylation is 1. The Hall–Kier alpha value is -2.82. The Labute approximate surface area is 158 Å². The van der Waals surface area contributed by atoms with E-state index in [2.05, 4.69) is 40.9 Å². The Balaban J connectivity index is 1.59. The molecular formula is C22H24FN3O. The van der Waals surface area contributed by atoms with Crippen LogP contribution in [0.15, 0.2) is 41.4 Å². The van der Waals surface area contributed by atoms with Crippen molar-refractivity contribution >= 4 is 28.5 Å². The number of aromatic nitrogens is 1. The summed E-state index contributed by atoms with van der Waals surface area (Å²) in [6.45, 7) is 6.61. The summed E-state index contributed by atoms with van der Waals surface area (Å²) in [5.74, 6) is 0.460. The Morgan fingerprint density at radius 3 is 2.70 bits per heavy atom. The molecule has 2 aromatic carbocycles. The molecule has 140 valence electrons. The number of piperidine rings is 1. The predicted octanol–water partition coefficient (Wildman–Crippen LogP) is 5.31. The number of anilines is 1. The number of aliphatic imine (C=N–C) groups is 1. The fraction of sp³-hybridized carbons (Fsp3) is 0.318. The molecule has 1 saturated heterocycles. The van der Waals surface area contributed by atoms with Crippen LogP contribution in [0.3, 0.4) is 0 Å². The zero-order valence-electron chi connectivity index (χ0n) is 15.7. The molecule has 4 nitrogen and oxygen atoms in total. The van der Waals surface area contributed by atoms with Gasteiger partial charge in [0.2, 0.25) is 0 Å². The molecule has 4 rings (SSSR count). The van der Waals surface area contributed by atoms with Crippen LogP contribution in [-0.2, 0) is 0 Å². The van der Waals surface area contributed by atoms with Gasteiger partial charge in [-0.1, -0.05) is 6.92 Å². The van der Waals surface area contributed by atoms with Gasteiger partial charge in [0, 0.05) is 35.9 Å². The average molecular weight is 365 g/mol. The van der Waals surface area contributed by atoms with Gasteiger partial charge in [-0.25, -0.2) is 4.39 Å². The average Bonchev–Trinajstić information content (AvgIpc) is 2.95. The predicted molar refractivity (Wildman–Crippen MR) is 109 cm³/mol. The molecule has 27 heavy (non-hydrogen) atoms. The first-order valence-corrected chi connectivity index (χ1v) is 9.41. The van der Waals surface area contributed by atoms with Crippen molar-refractivity contribution in [2.75, 3.05) is 18.0 Å². The summed E-state index contributed by atoms with van der Waals surface area (Å²) in [5.41, 5.74) is 4.44. The molecule has 0 unspecified atom stereocenters. The third kappa shape index (κ3) is 3.54. The highest BCUT2D eigenvalue weighted by molar-refractivity contribution is 6.02. The van der Waals surface area contributed by atoms with Crippen molar-refractivity contribution < 1.29 is 9.50 Å². The molecule has 1 aromatic heterocycles. The van der Waals surface area contributed by atoms with Crippen molar-refractivity contribution in [3.05, 3.63) is 53.3 Å². The molecule has 0 spiro atoms. The number of aromatic amines is 1. The highest BCUT2D eigenvalue weighted by atomic mass is 19.1. The molecule has 0 bridgehead atoms. The summed E-state index contributed by atoms with van der Waals surface area (Å²) < 4.78 is 13.5. The van der Waals surface area contributed by atoms with Crippen molar-refractivity contribution in [1.29, 1.82) is 0 Å². The van der Waals surface area contributed by atoms with E-state index >= 15 is 0 Å². The van der Waals surface area contributed by atoms with E-state index in [0.717, 1.165) is 24.7 Å². The molecule has 0 aliphatic carbocycles. The summed E-state index contributed by atoms with van der Waals surface area (Å²) in [6, 6.07) is 10.5. The Morgan fingerprint density at radius 1 is 1.19 bits per heavy atom. The molecule has 2 heterocycles. The number of aromatic hydroxyl groups is 1. The molecule has 1 aliphatic heterocycles. The molecule has 1 fully saturated rings. The van der Waals surface area contributed by atoms with Gasteiger partial charge in [-0.3, -0.25) is 4.99 Å². The van der Waals surface area contributed by atoms with Crippen molar-refractivity contribution in [2.24, 2.45) is 10.9 Å². The maximum Gasteiger partial charge on any atom is 0.198 e. The second-order valence-electron chi connectivity index (χ2n) is 7.48. The van der Waals surface area contributed by atoms with Crippen molar-refractivity contribution in [3.8, 4) is 5.88 Å². The summed E-state index contributed by atoms with van der Waals surface area (Å²) in [7, 11) is 0. The number of H-pyrrole nitrogens is 1. The minimum Gasteiger partial charge on any atom is -0.494 e. The van der Waals surface area contributed by atoms with Gasteiger partial charge >= 0.3 is 0 Å². The molecule has 0 saturated carbocycles. The van der Waals surface area contributed by atoms with Gasteiger partial charge in [0.25, 0.3) is 0 Å². The monoisotopic (exact) mass is 365 g/mol. The number of fused-ring (bicyclic) bond motifs is 1. The van der Waals surface area contributed by atoms with Gasteiger partial charge < -0.3 is 15.0 Å². The van der Waals surface area contributed by atoms with Gasteiger partial charge in [-0.15, -0.1) is 0 Å². The summed E-state index contributed by atoms with van der Waals surface area (Å²) in [4.78, 5) is 9.79. The number of halogens is 1. The van der Waals surface area contributed by atoms with E-state index in [-0.39, 0.29) is 11.7 Å². The van der Waals surface area contributed by atoms with Crippen LogP contribution < -0.4 is 4.90 Å². The molecule has 0 radical (unpaired) electrons. The Kier molecular flexibility index (Phi) is 4.60. The van der Waals surface area contributed by atoms with Crippen LogP contribution in [-0.4, -0.2) is 29.4 Å². The van der Waals surface area contributed by atoms with E-state index < -0.39 is 0 Å². The fourth-order valence-corrected chi connectivity index (χ4v) is 3.76. The lowest BCUT2D eigenvalue weighted by Gasteiger charge is -2.33. The van der Waals surface area contributed by atoms with E-state index in [4.69, 9.17) is 0 Å². The molecule has 0 amide bonds. The van der Waals surface area contributed by atoms with Gasteiger partial charge in [0.15, 0.2) is 5.88 Å². The number of rotatable bonds is 3. The number of nitrogens with zero attached hydrogens (tertiary/aromatic N) is 2. The van der Waals surface area contributed by atoms with E-state index in [0.29, 0.717) is 16.5 Å². The normalized spacial score (nSPS) is 15.9. The minimum absolute atomic E-state index is 0.00451. The quantitative estimate of drug-likeness (QED) is 0.618. The third-order valence-electron chi connectivity index (χ3n) is 5.43. The third-order valence-corrected chi connectivity index (χ3v) is 5.43. The maximum atomic E-state index is 13.5. The SMILES string of the molecule is Cc1cc(N=Cc2c(O)[nH]c3ccc(F)cc23)ccc1N1CCC(C)CC1. The molecular weight excluding hydrogens is 341 g/mol. The first-order valence-electron chi connectivity index (χ1n) is 9.41. The lowest BCUT2D eigenvalue weighted by atomic mass is 9.98. The topological polar surface area (TPSA) is 51.6 Å². The van der Waals surface area contributed by atoms with Crippen LogP contribution in [0, 0.1) is 18.7 Å². The number of hydrogen-bond donors (Lipinski definition) is 2. The highest BCUT2D eigenvalue weighted by Crippen LogP contribution is 2.30. The first kappa shape index (κ1) is 17.6. The van der Waals surface area contributed by atoms with E-state index in [1.807, 2.05) is 6.07 Å². The second kappa shape index (κ2) is 7.06. The standard InChI is InChI=1S/C22H24FN3O/c1-14-7-9-26(10-8-14)21-6-4-17(11-15(21)2)24-13-19-18-12-16(23)3-5-20(18)25-22(19)27/h3-6,11-14,25,27H,7-10H2,1-2H3. The highest BCUT2D eigenvalue weighted by Gasteiger charge is 2.17. The smallest absolute Gasteiger partial charge is 0.198 e. The van der Waals surface area contributed by atoms with E-state index in [9.17, 15) is 9.50 Å². The zero-order valence-corrected chi connectivity index (χ0v) is 15.7. The van der Waals surface area contributed by atoms with Crippen LogP contribution in [0.2, 0.25) is 0 Å². The summed E-state index contributed by atoms with van der Waals surface area (Å²) in [6.07, 6.45) is 4.05. The fourth-order valence-electron chi connectivity index (χ4n) is 3.76. The number of benzene rings is 2. The van der Waals surface area contributed by atoms with Crippen molar-refractivity contribution in [3.63, 3.8) is 0 Å². The van der Waals surface area contributed by atoms with Crippen LogP contribution in [0.5, 0.6) is 5.88 Å². The molecule has 0 atom stereocenters. The van der Waals surface area contributed by atoms with E-state index in [1.165, 1.54) is 36.2 Å². The summed E-state index contributed by atoms with van der Waals surface area (Å²) >= 11 is 0. The molecule has 5 heteroatoms. The first-order chi connectivity index (χ1) is 13.0. The van der Waals surface area contributed by atoms with Crippen LogP contribution in [0.25, 0.3) is 10.9 Å². The van der Waals surface area contributed by atoms with Gasteiger partial charge in [0.05, 0.1) is 11.3 Å². The van der Waals surface area contributed by atoms with Gasteiger partial charge in [0.1, 0.15) is 5.82 Å². The second-order valence-corrected chi connectivity index (χ2v) is 7.48. The molecule has 3 aromatic rings. The molecule has 1 aliphatic rings. The number of nitrogens with one attached hydrogen (secondary N) is 1. The Morgan fingerprint density at radius 2 is 1.96 bits per heavy atom. The lowest BCUT2D eigenvalue weighted by molar-refractivity contribution is 0.438. The van der Waals surface area contributed by atoms with Gasteiger partial charge in [-0.2, -0.15) is 0 Å². The summed E-state index contributed by atoms with van der Waals surface area (Å²) in [5, 5.41) is 10.7. The van der Waals surface area contributed by atoms with Crippen molar-refractivity contribution in [2.45, 2.75) is 26.7 Å². The number of hydrogen-bond acceptors (Lipinski definition) is 3. The minimum atomic E-state index is -0.341. The maximum absolute atomic E-state index is 13.5. The van der Waals surface area contributed by atoms with Crippen LogP contribution in [0.4, 0.5) is 15.8 Å². The van der Waals surface area contributed by atoms with Crippen molar-refractivity contribution in [1.82, 2.24) is 4.98 Å². The Bertz CT molecular complexity index is 1000. The zero-order chi connectivity index (χ0) is 19.0.